The molecule has 1 aromatic heterocycles. The quantitative estimate of drug-likeness (QED) is 0.478. The molecule has 0 saturated heterocycles. The monoisotopic (exact) mass is 464 g/mol. The van der Waals surface area contributed by atoms with Crippen LogP contribution in [0.2, 0.25) is 0 Å². The molecule has 0 amide bonds. The largest absolute Gasteiger partial charge is 0.369 e. The minimum atomic E-state index is -3.91. The van der Waals surface area contributed by atoms with Crippen LogP contribution in [0.5, 0.6) is 0 Å². The molecule has 1 aliphatic carbocycles. The number of hydrogen-bond acceptors (Lipinski definition) is 5. The van der Waals surface area contributed by atoms with Crippen molar-refractivity contribution in [3.63, 3.8) is 0 Å². The van der Waals surface area contributed by atoms with Gasteiger partial charge in [-0.1, -0.05) is 37.5 Å². The summed E-state index contributed by atoms with van der Waals surface area (Å²) in [6, 6.07) is 17.2. The highest BCUT2D eigenvalue weighted by atomic mass is 32.2. The first-order valence-corrected chi connectivity index (χ1v) is 12.5. The average Bonchev–Trinajstić information content (AvgIpc) is 2.84. The topological polar surface area (TPSA) is 94.9 Å². The van der Waals surface area contributed by atoms with E-state index in [1.54, 1.807) is 18.2 Å². The Balaban J connectivity index is 1.73. The van der Waals surface area contributed by atoms with E-state index in [2.05, 4.69) is 21.1 Å². The van der Waals surface area contributed by atoms with Gasteiger partial charge in [0.15, 0.2) is 0 Å². The molecule has 0 bridgehead atoms. The first kappa shape index (κ1) is 22.7. The van der Waals surface area contributed by atoms with Crippen molar-refractivity contribution in [3.8, 4) is 17.3 Å². The number of sulfonamides is 1. The Morgan fingerprint density at radius 2 is 1.73 bits per heavy atom. The molecule has 0 spiro atoms. The molecule has 1 heterocycles. The van der Waals surface area contributed by atoms with Crippen molar-refractivity contribution in [3.05, 3.63) is 72.0 Å². The van der Waals surface area contributed by atoms with Crippen molar-refractivity contribution in [2.45, 2.75) is 37.0 Å². The molecule has 6 nitrogen and oxygen atoms in total. The number of halogens is 1. The summed E-state index contributed by atoms with van der Waals surface area (Å²) in [6.07, 6.45) is 5.92. The summed E-state index contributed by atoms with van der Waals surface area (Å²) in [5.41, 5.74) is 1.25. The zero-order chi connectivity index (χ0) is 23.3. The Morgan fingerprint density at radius 1 is 1.03 bits per heavy atom. The Kier molecular flexibility index (Phi) is 6.90. The molecule has 170 valence electrons. The van der Waals surface area contributed by atoms with Crippen molar-refractivity contribution in [2.24, 2.45) is 5.92 Å². The van der Waals surface area contributed by atoms with Crippen LogP contribution in [0.3, 0.4) is 0 Å². The minimum Gasteiger partial charge on any atom is -0.369 e. The van der Waals surface area contributed by atoms with Crippen LogP contribution < -0.4 is 10.0 Å². The van der Waals surface area contributed by atoms with Crippen molar-refractivity contribution in [1.29, 1.82) is 5.26 Å². The molecule has 1 fully saturated rings. The Hall–Kier alpha value is -3.44. The fourth-order valence-corrected chi connectivity index (χ4v) is 5.15. The fraction of sp³-hybridized carbons (Fsp3) is 0.280. The van der Waals surface area contributed by atoms with Crippen LogP contribution in [-0.2, 0) is 10.0 Å². The van der Waals surface area contributed by atoms with Gasteiger partial charge in [0.25, 0.3) is 10.0 Å². The third-order valence-electron chi connectivity index (χ3n) is 5.84. The lowest BCUT2D eigenvalue weighted by atomic mass is 9.89. The first-order chi connectivity index (χ1) is 16.0. The standard InChI is InChI=1S/C25H25FN4O2S/c26-21-13-11-19(12-14-21)24-23(30-33(31,32)22-9-5-2-6-10-22)15-20(16-27)25(29-24)28-17-18-7-3-1-4-8-18/h2,5-6,9-15,18,30H,1,3-4,7-8,17H2,(H,28,29). The van der Waals surface area contributed by atoms with E-state index < -0.39 is 15.8 Å². The van der Waals surface area contributed by atoms with Crippen LogP contribution >= 0.6 is 0 Å². The SMILES string of the molecule is N#Cc1cc(NS(=O)(=O)c2ccccc2)c(-c2ccc(F)cc2)nc1NCC1CCCCC1. The summed E-state index contributed by atoms with van der Waals surface area (Å²) in [5, 5.41) is 13.0. The molecular weight excluding hydrogens is 439 g/mol. The van der Waals surface area contributed by atoms with E-state index in [-0.39, 0.29) is 16.1 Å². The molecule has 0 aliphatic heterocycles. The Labute approximate surface area is 193 Å². The Morgan fingerprint density at radius 3 is 2.39 bits per heavy atom. The molecule has 4 rings (SSSR count). The summed E-state index contributed by atoms with van der Waals surface area (Å²) in [4.78, 5) is 4.71. The summed E-state index contributed by atoms with van der Waals surface area (Å²) in [7, 11) is -3.91. The maximum Gasteiger partial charge on any atom is 0.261 e. The molecule has 0 unspecified atom stereocenters. The second-order valence-electron chi connectivity index (χ2n) is 8.20. The van der Waals surface area contributed by atoms with Gasteiger partial charge in [0, 0.05) is 12.1 Å². The fourth-order valence-electron chi connectivity index (χ4n) is 4.07. The van der Waals surface area contributed by atoms with E-state index in [9.17, 15) is 18.1 Å². The van der Waals surface area contributed by atoms with Crippen molar-refractivity contribution in [1.82, 2.24) is 4.98 Å². The second kappa shape index (κ2) is 10.0. The van der Waals surface area contributed by atoms with Crippen LogP contribution in [0.25, 0.3) is 11.3 Å². The van der Waals surface area contributed by atoms with Crippen LogP contribution in [0.4, 0.5) is 15.9 Å². The van der Waals surface area contributed by atoms with Gasteiger partial charge < -0.3 is 5.32 Å². The van der Waals surface area contributed by atoms with E-state index in [1.807, 2.05) is 0 Å². The average molecular weight is 465 g/mol. The molecular formula is C25H25FN4O2S. The lowest BCUT2D eigenvalue weighted by Gasteiger charge is -2.23. The molecule has 0 radical (unpaired) electrons. The van der Waals surface area contributed by atoms with Gasteiger partial charge in [-0.05, 0) is 61.2 Å². The van der Waals surface area contributed by atoms with E-state index in [0.717, 1.165) is 12.8 Å². The van der Waals surface area contributed by atoms with Crippen molar-refractivity contribution >= 4 is 21.5 Å². The van der Waals surface area contributed by atoms with E-state index in [0.29, 0.717) is 29.5 Å². The summed E-state index contributed by atoms with van der Waals surface area (Å²) in [6.45, 7) is 0.694. The van der Waals surface area contributed by atoms with Crippen molar-refractivity contribution in [2.75, 3.05) is 16.6 Å². The number of anilines is 2. The predicted molar refractivity (Wildman–Crippen MR) is 127 cm³/mol. The van der Waals surface area contributed by atoms with Crippen LogP contribution in [0.15, 0.2) is 65.6 Å². The van der Waals surface area contributed by atoms with Crippen LogP contribution in [0, 0.1) is 23.1 Å². The number of nitriles is 1. The first-order valence-electron chi connectivity index (χ1n) is 11.0. The van der Waals surface area contributed by atoms with E-state index in [1.165, 1.54) is 61.7 Å². The Bertz CT molecular complexity index is 1250. The zero-order valence-corrected chi connectivity index (χ0v) is 18.9. The number of rotatable bonds is 7. The highest BCUT2D eigenvalue weighted by Crippen LogP contribution is 2.33. The summed E-state index contributed by atoms with van der Waals surface area (Å²) < 4.78 is 42.0. The normalized spacial score (nSPS) is 14.4. The van der Waals surface area contributed by atoms with Gasteiger partial charge in [0.05, 0.1) is 21.8 Å². The lowest BCUT2D eigenvalue weighted by Crippen LogP contribution is -2.19. The third kappa shape index (κ3) is 5.49. The molecule has 33 heavy (non-hydrogen) atoms. The highest BCUT2D eigenvalue weighted by Gasteiger charge is 2.21. The third-order valence-corrected chi connectivity index (χ3v) is 7.22. The zero-order valence-electron chi connectivity index (χ0n) is 18.1. The lowest BCUT2D eigenvalue weighted by molar-refractivity contribution is 0.373. The molecule has 8 heteroatoms. The van der Waals surface area contributed by atoms with Gasteiger partial charge >= 0.3 is 0 Å². The number of pyridine rings is 1. The molecule has 2 aromatic carbocycles. The number of hydrogen-bond donors (Lipinski definition) is 2. The van der Waals surface area contributed by atoms with Gasteiger partial charge in [-0.2, -0.15) is 5.26 Å². The number of aromatic nitrogens is 1. The van der Waals surface area contributed by atoms with Gasteiger partial charge in [-0.3, -0.25) is 4.72 Å². The van der Waals surface area contributed by atoms with E-state index >= 15 is 0 Å². The summed E-state index contributed by atoms with van der Waals surface area (Å²) in [5.74, 6) is 0.497. The molecule has 2 N–H and O–H groups in total. The molecule has 1 aliphatic rings. The van der Waals surface area contributed by atoms with Crippen molar-refractivity contribution < 1.29 is 12.8 Å². The predicted octanol–water partition coefficient (Wildman–Crippen LogP) is 5.55. The van der Waals surface area contributed by atoms with Crippen LogP contribution in [-0.4, -0.2) is 19.9 Å². The number of benzene rings is 2. The van der Waals surface area contributed by atoms with Gasteiger partial charge in [-0.15, -0.1) is 0 Å². The maximum absolute atomic E-state index is 13.5. The van der Waals surface area contributed by atoms with Gasteiger partial charge in [-0.25, -0.2) is 17.8 Å². The van der Waals surface area contributed by atoms with Gasteiger partial charge in [0.2, 0.25) is 0 Å². The minimum absolute atomic E-state index is 0.0908. The van der Waals surface area contributed by atoms with Crippen LogP contribution in [0.1, 0.15) is 37.7 Å². The molecule has 0 atom stereocenters. The molecule has 1 saturated carbocycles. The number of nitrogens with zero attached hydrogens (tertiary/aromatic N) is 2. The van der Waals surface area contributed by atoms with E-state index in [4.69, 9.17) is 0 Å². The second-order valence-corrected chi connectivity index (χ2v) is 9.89. The highest BCUT2D eigenvalue weighted by molar-refractivity contribution is 7.92. The maximum atomic E-state index is 13.5. The summed E-state index contributed by atoms with van der Waals surface area (Å²) >= 11 is 0. The smallest absolute Gasteiger partial charge is 0.261 e. The van der Waals surface area contributed by atoms with Gasteiger partial charge in [0.1, 0.15) is 17.7 Å². The molecule has 3 aromatic rings. The number of nitrogens with one attached hydrogen (secondary N) is 2.